The average Bonchev–Trinajstić information content (AvgIpc) is 3.28. The van der Waals surface area contributed by atoms with Gasteiger partial charge < -0.3 is 41.2 Å². The van der Waals surface area contributed by atoms with Gasteiger partial charge in [-0.15, -0.1) is 0 Å². The summed E-state index contributed by atoms with van der Waals surface area (Å²) < 4.78 is 14.2. The lowest BCUT2D eigenvalue weighted by Crippen LogP contribution is -2.48. The summed E-state index contributed by atoms with van der Waals surface area (Å²) in [4.78, 5) is 37.1. The second kappa shape index (κ2) is 13.7. The Balaban J connectivity index is 1.29. The minimum atomic E-state index is -0.548. The molecule has 3 aliphatic rings. The number of amidine groups is 1. The number of phenols is 1. The lowest BCUT2D eigenvalue weighted by molar-refractivity contribution is -0.00629. The van der Waals surface area contributed by atoms with Gasteiger partial charge in [0.05, 0.1) is 18.4 Å². The van der Waals surface area contributed by atoms with Gasteiger partial charge in [-0.2, -0.15) is 0 Å². The smallest absolute Gasteiger partial charge is 0.271 e. The molecule has 3 unspecified atom stereocenters. The summed E-state index contributed by atoms with van der Waals surface area (Å²) in [5, 5.41) is 21.1. The van der Waals surface area contributed by atoms with Gasteiger partial charge in [0.15, 0.2) is 6.23 Å². The maximum atomic E-state index is 13.7. The van der Waals surface area contributed by atoms with Crippen molar-refractivity contribution in [2.45, 2.75) is 58.0 Å². The van der Waals surface area contributed by atoms with Crippen molar-refractivity contribution in [1.29, 1.82) is 0 Å². The van der Waals surface area contributed by atoms with E-state index in [1.807, 2.05) is 6.92 Å². The van der Waals surface area contributed by atoms with Crippen molar-refractivity contribution < 1.29 is 19.4 Å². The Kier molecular flexibility index (Phi) is 9.80. The number of amides is 1. The zero-order valence-electron chi connectivity index (χ0n) is 24.7. The minimum Gasteiger partial charge on any atom is -0.506 e. The Bertz CT molecular complexity index is 1480. The Hall–Kier alpha value is -3.72. The lowest BCUT2D eigenvalue weighted by atomic mass is 9.97. The average molecular weight is 613 g/mol. The van der Waals surface area contributed by atoms with Crippen molar-refractivity contribution in [3.05, 3.63) is 50.9 Å². The van der Waals surface area contributed by atoms with E-state index in [0.29, 0.717) is 55.2 Å². The monoisotopic (exact) mass is 612 g/mol. The van der Waals surface area contributed by atoms with Gasteiger partial charge in [-0.25, -0.2) is 0 Å². The number of aromatic hydroxyl groups is 1. The number of nitrogens with zero attached hydrogens (tertiary/aromatic N) is 3. The number of carbonyl (C=O) groups excluding carboxylic acids is 1. The van der Waals surface area contributed by atoms with Crippen LogP contribution in [0.3, 0.4) is 0 Å². The molecule has 1 aromatic heterocycles. The molecule has 0 aliphatic carbocycles. The summed E-state index contributed by atoms with van der Waals surface area (Å²) in [5.41, 5.74) is 9.80. The van der Waals surface area contributed by atoms with Crippen LogP contribution in [0.1, 0.15) is 55.5 Å². The van der Waals surface area contributed by atoms with Gasteiger partial charge in [0.1, 0.15) is 28.3 Å². The topological polar surface area (TPSA) is 179 Å². The number of hydrogen-bond donors (Lipinski definition) is 6. The number of hydrogen-bond acceptors (Lipinski definition) is 11. The molecule has 3 atom stereocenters. The lowest BCUT2D eigenvalue weighted by Gasteiger charge is -2.38. The zero-order chi connectivity index (χ0) is 30.5. The number of benzene rings is 1. The van der Waals surface area contributed by atoms with E-state index in [0.717, 1.165) is 48.0 Å². The van der Waals surface area contributed by atoms with E-state index in [1.54, 1.807) is 24.1 Å². The summed E-state index contributed by atoms with van der Waals surface area (Å²) in [7, 11) is 1.60. The number of ether oxygens (including phenoxy) is 2. The predicted molar refractivity (Wildman–Crippen MR) is 168 cm³/mol. The standard InChI is InChI=1S/C29H40N8O5S/c1-4-18-14-20-21(34-16(2)33-18)8-11-37(29(20)41-3)28(40)17-5-6-22(23(38)13-17)35-27-24(26(39)36-43-27)25(30)32-9-7-19-15-31-10-12-42-19/h5-6,13,16,19,29,31,34-35,38H,4,7-12,14-15H2,1-3H3,(H2,30,32)(H,36,39). The number of nitrogens with two attached hydrogens (primary N) is 1. The van der Waals surface area contributed by atoms with Crippen LogP contribution in [0.2, 0.25) is 0 Å². The van der Waals surface area contributed by atoms with Gasteiger partial charge in [0, 0.05) is 68.7 Å². The molecular formula is C29H40N8O5S. The molecule has 5 rings (SSSR count). The molecule has 14 heteroatoms. The van der Waals surface area contributed by atoms with E-state index < -0.39 is 6.23 Å². The molecular weight excluding hydrogens is 572 g/mol. The highest BCUT2D eigenvalue weighted by Crippen LogP contribution is 2.33. The number of rotatable bonds is 9. The third-order valence-corrected chi connectivity index (χ3v) is 8.60. The Morgan fingerprint density at radius 2 is 2.23 bits per heavy atom. The SMILES string of the molecule is CCC1=NC(C)NC2=C(C1)C(OC)N(C(=O)c1ccc(Nc3s[nH]c(=O)c3C(N)=NCCC3CNCCO3)c(O)c1)CC2. The number of H-pyrrole nitrogens is 1. The molecule has 232 valence electrons. The summed E-state index contributed by atoms with van der Waals surface area (Å²) >= 11 is 1.05. The highest BCUT2D eigenvalue weighted by Gasteiger charge is 2.35. The van der Waals surface area contributed by atoms with E-state index in [-0.39, 0.29) is 40.9 Å². The van der Waals surface area contributed by atoms with Crippen molar-refractivity contribution in [3.63, 3.8) is 0 Å². The van der Waals surface area contributed by atoms with E-state index in [4.69, 9.17) is 20.2 Å². The molecule has 43 heavy (non-hydrogen) atoms. The number of aliphatic imine (C=N–C) groups is 2. The van der Waals surface area contributed by atoms with Crippen molar-refractivity contribution in [1.82, 2.24) is 19.9 Å². The molecule has 0 spiro atoms. The van der Waals surface area contributed by atoms with Crippen molar-refractivity contribution in [2.24, 2.45) is 15.7 Å². The normalized spacial score (nSPS) is 22.9. The number of phenolic OH excluding ortho intramolecular Hbond substituents is 1. The van der Waals surface area contributed by atoms with Crippen LogP contribution < -0.4 is 27.2 Å². The van der Waals surface area contributed by atoms with Crippen LogP contribution in [-0.4, -0.2) is 90.2 Å². The van der Waals surface area contributed by atoms with Crippen LogP contribution in [-0.2, 0) is 9.47 Å². The van der Waals surface area contributed by atoms with Crippen molar-refractivity contribution in [2.75, 3.05) is 45.2 Å². The van der Waals surface area contributed by atoms with Crippen LogP contribution in [0.5, 0.6) is 5.75 Å². The maximum absolute atomic E-state index is 13.7. The van der Waals surface area contributed by atoms with Gasteiger partial charge in [-0.3, -0.25) is 23.9 Å². The summed E-state index contributed by atoms with van der Waals surface area (Å²) in [6, 6.07) is 4.65. The first-order chi connectivity index (χ1) is 20.8. The molecule has 1 saturated heterocycles. The molecule has 4 heterocycles. The second-order valence-corrected chi connectivity index (χ2v) is 11.5. The Morgan fingerprint density at radius 3 is 2.95 bits per heavy atom. The first kappa shape index (κ1) is 30.7. The van der Waals surface area contributed by atoms with E-state index in [2.05, 4.69) is 32.2 Å². The summed E-state index contributed by atoms with van der Waals surface area (Å²) in [6.07, 6.45) is 2.27. The van der Waals surface area contributed by atoms with E-state index in [1.165, 1.54) is 6.07 Å². The molecule has 3 aliphatic heterocycles. The van der Waals surface area contributed by atoms with E-state index in [9.17, 15) is 14.7 Å². The molecule has 2 aromatic rings. The maximum Gasteiger partial charge on any atom is 0.271 e. The van der Waals surface area contributed by atoms with E-state index >= 15 is 0 Å². The number of nitrogens with one attached hydrogen (secondary N) is 4. The second-order valence-electron chi connectivity index (χ2n) is 10.7. The highest BCUT2D eigenvalue weighted by atomic mass is 32.1. The number of aromatic amines is 1. The van der Waals surface area contributed by atoms with Crippen LogP contribution in [0.15, 0.2) is 44.2 Å². The Labute approximate surface area is 254 Å². The van der Waals surface area contributed by atoms with Gasteiger partial charge in [-0.1, -0.05) is 6.92 Å². The molecule has 0 saturated carbocycles. The van der Waals surface area contributed by atoms with Gasteiger partial charge >= 0.3 is 0 Å². The summed E-state index contributed by atoms with van der Waals surface area (Å²) in [6.45, 7) is 7.21. The first-order valence-electron chi connectivity index (χ1n) is 14.6. The highest BCUT2D eigenvalue weighted by molar-refractivity contribution is 7.10. The molecule has 13 nitrogen and oxygen atoms in total. The molecule has 7 N–H and O–H groups in total. The predicted octanol–water partition coefficient (Wildman–Crippen LogP) is 2.23. The molecule has 1 amide bonds. The fourth-order valence-corrected chi connectivity index (χ4v) is 6.38. The van der Waals surface area contributed by atoms with Crippen LogP contribution in [0.25, 0.3) is 0 Å². The van der Waals surface area contributed by atoms with Gasteiger partial charge in [0.25, 0.3) is 11.5 Å². The number of morpholine rings is 1. The van der Waals surface area contributed by atoms with Crippen molar-refractivity contribution >= 4 is 39.7 Å². The molecule has 1 fully saturated rings. The molecule has 1 aromatic carbocycles. The zero-order valence-corrected chi connectivity index (χ0v) is 25.6. The molecule has 0 bridgehead atoms. The largest absolute Gasteiger partial charge is 0.506 e. The van der Waals surface area contributed by atoms with Crippen LogP contribution in [0.4, 0.5) is 10.7 Å². The van der Waals surface area contributed by atoms with Gasteiger partial charge in [0.2, 0.25) is 0 Å². The van der Waals surface area contributed by atoms with Crippen LogP contribution in [0, 0.1) is 0 Å². The third kappa shape index (κ3) is 6.93. The van der Waals surface area contributed by atoms with Crippen molar-refractivity contribution in [3.8, 4) is 5.75 Å². The number of carbonyl (C=O) groups is 1. The van der Waals surface area contributed by atoms with Crippen LogP contribution >= 0.6 is 11.5 Å². The number of anilines is 2. The number of methoxy groups -OCH3 is 1. The Morgan fingerprint density at radius 1 is 1.40 bits per heavy atom. The minimum absolute atomic E-state index is 0.0336. The molecule has 0 radical (unpaired) electrons. The quantitative estimate of drug-likeness (QED) is 0.141. The fourth-order valence-electron chi connectivity index (χ4n) is 5.62. The fraction of sp³-hybridized carbons (Fsp3) is 0.517. The number of aromatic nitrogens is 1. The third-order valence-electron chi connectivity index (χ3n) is 7.80. The first-order valence-corrected chi connectivity index (χ1v) is 15.4. The van der Waals surface area contributed by atoms with Gasteiger partial charge in [-0.05, 0) is 49.5 Å². The summed E-state index contributed by atoms with van der Waals surface area (Å²) in [5.74, 6) is -0.303.